The van der Waals surface area contributed by atoms with Crippen molar-refractivity contribution in [1.82, 2.24) is 69.8 Å². The highest BCUT2D eigenvalue weighted by molar-refractivity contribution is 6.44. The number of imidazole rings is 1. The second-order valence-corrected chi connectivity index (χ2v) is 32.1. The third-order valence-electron chi connectivity index (χ3n) is 23.0. The van der Waals surface area contributed by atoms with Crippen LogP contribution in [-0.2, 0) is 20.3 Å². The predicted octanol–water partition coefficient (Wildman–Crippen LogP) is 12.5. The van der Waals surface area contributed by atoms with E-state index in [4.69, 9.17) is 129 Å². The first kappa shape index (κ1) is 82.7. The molecule has 36 heteroatoms. The first-order chi connectivity index (χ1) is 58.7. The van der Waals surface area contributed by atoms with Crippen LogP contribution in [0, 0.1) is 19.3 Å². The highest BCUT2D eigenvalue weighted by atomic mass is 35.5. The molecule has 14 N–H and O–H groups in total. The summed E-state index contributed by atoms with van der Waals surface area (Å²) in [7, 11) is 1.97. The molecular formula is C85H92Cl4N26O6. The van der Waals surface area contributed by atoms with Gasteiger partial charge in [-0.25, -0.2) is 44.9 Å². The summed E-state index contributed by atoms with van der Waals surface area (Å²) in [5.74, 6) is 5.14. The van der Waals surface area contributed by atoms with Gasteiger partial charge in [-0.15, -0.1) is 20.4 Å². The van der Waals surface area contributed by atoms with Crippen LogP contribution in [0.2, 0.25) is 20.1 Å². The van der Waals surface area contributed by atoms with Gasteiger partial charge in [0.05, 0.1) is 96.2 Å². The number of ether oxygens (including phenoxy) is 2. The quantitative estimate of drug-likeness (QED) is 0.0469. The van der Waals surface area contributed by atoms with Crippen LogP contribution in [0.15, 0.2) is 149 Å². The molecule has 0 amide bonds. The Balaban J connectivity index is 0.000000120. The van der Waals surface area contributed by atoms with Gasteiger partial charge in [0.2, 0.25) is 19.6 Å². The van der Waals surface area contributed by atoms with Gasteiger partial charge in [-0.3, -0.25) is 0 Å². The molecular weight excluding hydrogens is 1620 g/mol. The number of aryl methyl sites for hydroxylation is 3. The Morgan fingerprint density at radius 3 is 1.46 bits per heavy atom. The summed E-state index contributed by atoms with van der Waals surface area (Å²) < 4.78 is 23.7. The Bertz CT molecular complexity index is 5870. The number of aliphatic hydroxyl groups is 2. The number of piperidine rings is 2. The SMILES string of the molecule is Cc1nc(N2CCN(c3ccccc3N)CC2)c(CO)nc1-c1ccc2c(c1)OCO2.Cc1nc(N2CCN(c3ccccc3N)CC2)c(CO)nc1-c1ccc2ncn(C)c2c1.Nc1nc(N2CCC3(CCC[C@H]3N)CC2)c(-c2nnco2)nc1-c1cccc(Cl)c1Cl.Nc1nc(N2CCCC(N)C2)c(-c2nnco2)nc1-c1cccc(Cl)c1Cl. The first-order valence-electron chi connectivity index (χ1n) is 40.0. The maximum Gasteiger partial charge on any atom is 0.269 e. The van der Waals surface area contributed by atoms with E-state index >= 15 is 0 Å². The molecule has 0 bridgehead atoms. The Morgan fingerprint density at radius 2 is 0.967 bits per heavy atom. The summed E-state index contributed by atoms with van der Waals surface area (Å²) in [5, 5.41) is 37.3. The van der Waals surface area contributed by atoms with Crippen LogP contribution in [0.4, 0.5) is 57.7 Å². The number of nitrogens with zero attached hydrogens (tertiary/aromatic N) is 20. The first-order valence-corrected chi connectivity index (χ1v) is 41.5. The predicted molar refractivity (Wildman–Crippen MR) is 473 cm³/mol. The number of halogens is 4. The van der Waals surface area contributed by atoms with Gasteiger partial charge < -0.3 is 96.9 Å². The van der Waals surface area contributed by atoms with Crippen molar-refractivity contribution in [3.63, 3.8) is 0 Å². The zero-order chi connectivity index (χ0) is 84.2. The third kappa shape index (κ3) is 17.4. The van der Waals surface area contributed by atoms with E-state index in [1.54, 1.807) is 42.7 Å². The maximum absolute atomic E-state index is 10.1. The molecule has 626 valence electrons. The van der Waals surface area contributed by atoms with E-state index in [0.717, 1.165) is 189 Å². The Labute approximate surface area is 717 Å². The standard InChI is InChI=1S/C24H27N7O.C23H25N5O3.C21H23Cl2N7O.C17H17Cl2N7O/c1-16-23(17-7-8-19-22(13-17)29(2)15-26-19)28-20(14-32)24(27-16)31-11-9-30(10-12-31)21-6-4-3-5-18(21)25;1-15-22(16-6-7-20-21(12-16)31-14-30-20)26-18(13-29)23(25-15)28-10-8-27(9-11-28)19-5-3-2-4-17(19)24;22-13-4-1-3-12(15(13)23)16-18(25)28-19(17(27-16)20-29-26-11-31-20)30-9-7-21(8-10-30)6-2-5-14(21)24;18-11-5-1-4-10(12(11)19)13-15(21)24-16(26-6-2-3-9(20)7-26)14(23-13)17-25-22-8-27-17/h3-8,13,15,32H,9-12,14,25H2,1-2H3;2-7,12,29H,8-11,13-14,24H2,1H3;1,3-4,11,14H,2,5-10,24H2,(H2,25,28);1,4-5,8-9H,2-3,6-7,20H2,(H2,21,24)/t;;14-;/m..1./s1. The number of para-hydroxylation sites is 4. The minimum Gasteiger partial charge on any atom is -0.454 e. The number of nitrogen functional groups attached to an aromatic ring is 4. The molecule has 5 fully saturated rings. The van der Waals surface area contributed by atoms with Crippen molar-refractivity contribution in [2.24, 2.45) is 23.9 Å². The van der Waals surface area contributed by atoms with Crippen LogP contribution in [0.5, 0.6) is 11.5 Å². The Morgan fingerprint density at radius 1 is 0.471 bits per heavy atom. The average Bonchev–Trinajstić information content (AvgIpc) is 1.71. The number of rotatable bonds is 14. The lowest BCUT2D eigenvalue weighted by Crippen LogP contribution is -2.47. The van der Waals surface area contributed by atoms with E-state index in [2.05, 4.69) is 72.0 Å². The molecule has 1 aliphatic carbocycles. The molecule has 32 nitrogen and oxygen atoms in total. The average molecular weight is 1720 g/mol. The van der Waals surface area contributed by atoms with Crippen LogP contribution >= 0.6 is 46.4 Å². The van der Waals surface area contributed by atoms with Crippen molar-refractivity contribution in [1.29, 1.82) is 0 Å². The van der Waals surface area contributed by atoms with E-state index in [1.807, 2.05) is 103 Å². The Kier molecular flexibility index (Phi) is 24.7. The zero-order valence-corrected chi connectivity index (χ0v) is 70.0. The van der Waals surface area contributed by atoms with Crippen molar-refractivity contribution in [2.75, 3.05) is 138 Å². The summed E-state index contributed by atoms with van der Waals surface area (Å²) in [4.78, 5) is 55.7. The largest absolute Gasteiger partial charge is 0.454 e. The lowest BCUT2D eigenvalue weighted by Gasteiger charge is -2.42. The lowest BCUT2D eigenvalue weighted by molar-refractivity contribution is 0.174. The van der Waals surface area contributed by atoms with Crippen molar-refractivity contribution in [3.05, 3.63) is 183 Å². The van der Waals surface area contributed by atoms with Crippen LogP contribution in [0.3, 0.4) is 0 Å². The normalized spacial score (nSPS) is 16.9. The van der Waals surface area contributed by atoms with E-state index < -0.39 is 0 Å². The number of hydrogen-bond acceptors (Lipinski definition) is 31. The van der Waals surface area contributed by atoms with Gasteiger partial charge in [0.15, 0.2) is 57.8 Å². The number of hydrogen-bond donors (Lipinski definition) is 8. The molecule has 6 aromatic carbocycles. The second-order valence-electron chi connectivity index (χ2n) is 30.5. The van der Waals surface area contributed by atoms with Gasteiger partial charge in [0, 0.05) is 120 Å². The van der Waals surface area contributed by atoms with E-state index in [-0.39, 0.29) is 60.9 Å². The number of piperazine rings is 2. The molecule has 4 saturated heterocycles. The summed E-state index contributed by atoms with van der Waals surface area (Å²) >= 11 is 25.1. The fourth-order valence-electron chi connectivity index (χ4n) is 16.6. The van der Waals surface area contributed by atoms with Gasteiger partial charge >= 0.3 is 0 Å². The fourth-order valence-corrected chi connectivity index (χ4v) is 17.4. The summed E-state index contributed by atoms with van der Waals surface area (Å²) in [6.07, 6.45) is 11.8. The lowest BCUT2D eigenvalue weighted by atomic mass is 9.74. The van der Waals surface area contributed by atoms with E-state index in [9.17, 15) is 10.2 Å². The fraction of sp³-hybridized carbons (Fsp3) is 0.329. The van der Waals surface area contributed by atoms with E-state index in [0.29, 0.717) is 89.3 Å². The van der Waals surface area contributed by atoms with Gasteiger partial charge in [0.1, 0.15) is 22.8 Å². The molecule has 13 aromatic rings. The van der Waals surface area contributed by atoms with Gasteiger partial charge in [-0.2, -0.15) is 0 Å². The minimum atomic E-state index is -0.175. The van der Waals surface area contributed by atoms with Crippen molar-refractivity contribution in [2.45, 2.75) is 84.1 Å². The van der Waals surface area contributed by atoms with Gasteiger partial charge in [0.25, 0.3) is 11.8 Å². The van der Waals surface area contributed by atoms with Gasteiger partial charge in [-0.05, 0) is 125 Å². The molecule has 12 heterocycles. The van der Waals surface area contributed by atoms with Crippen LogP contribution in [0.1, 0.15) is 67.7 Å². The highest BCUT2D eigenvalue weighted by Crippen LogP contribution is 2.48. The van der Waals surface area contributed by atoms with Crippen LogP contribution in [0.25, 0.3) is 79.2 Å². The molecule has 121 heavy (non-hydrogen) atoms. The summed E-state index contributed by atoms with van der Waals surface area (Å²) in [6.45, 7) is 13.3. The summed E-state index contributed by atoms with van der Waals surface area (Å²) in [5.41, 5.74) is 52.5. The molecule has 19 rings (SSSR count). The van der Waals surface area contributed by atoms with Crippen molar-refractivity contribution in [3.8, 4) is 79.7 Å². The molecule has 5 aliphatic heterocycles. The van der Waals surface area contributed by atoms with E-state index in [1.165, 1.54) is 25.6 Å². The Hall–Kier alpha value is -12.0. The topological polar surface area (TPSA) is 433 Å². The molecule has 1 spiro atoms. The minimum absolute atomic E-state index is 0.0550. The zero-order valence-electron chi connectivity index (χ0n) is 66.9. The highest BCUT2D eigenvalue weighted by Gasteiger charge is 2.44. The molecule has 2 atom stereocenters. The molecule has 6 aliphatic rings. The number of aliphatic hydroxyl groups excluding tert-OH is 2. The molecule has 0 radical (unpaired) electrons. The van der Waals surface area contributed by atoms with Crippen LogP contribution < -0.4 is 73.3 Å². The van der Waals surface area contributed by atoms with Crippen molar-refractivity contribution < 1.29 is 28.5 Å². The second kappa shape index (κ2) is 36.1. The number of anilines is 10. The number of benzene rings is 6. The molecule has 1 saturated carbocycles. The molecule has 7 aromatic heterocycles. The smallest absolute Gasteiger partial charge is 0.269 e. The third-order valence-corrected chi connectivity index (χ3v) is 24.7. The van der Waals surface area contributed by atoms with Gasteiger partial charge in [-0.1, -0.05) is 107 Å². The number of aromatic nitrogens is 14. The molecule has 1 unspecified atom stereocenters. The number of nitrogens with two attached hydrogens (primary N) is 6. The monoisotopic (exact) mass is 1710 g/mol. The van der Waals surface area contributed by atoms with Crippen LogP contribution in [-0.4, -0.2) is 177 Å². The number of fused-ring (bicyclic) bond motifs is 2. The van der Waals surface area contributed by atoms with Crippen molar-refractivity contribution >= 4 is 115 Å². The maximum atomic E-state index is 10.1. The summed E-state index contributed by atoms with van der Waals surface area (Å²) in [6, 6.07) is 38.6.